The normalized spacial score (nSPS) is 12.0. The summed E-state index contributed by atoms with van der Waals surface area (Å²) < 4.78 is 23.4. The van der Waals surface area contributed by atoms with E-state index in [0.717, 1.165) is 5.56 Å². The van der Waals surface area contributed by atoms with Gasteiger partial charge in [0.05, 0.1) is 35.8 Å². The second-order valence-corrected chi connectivity index (χ2v) is 12.4. The molecule has 10 nitrogen and oxygen atoms in total. The maximum atomic E-state index is 15.3. The maximum Gasteiger partial charge on any atom is 0.290 e. The third-order valence-corrected chi connectivity index (χ3v) is 7.35. The number of pyridine rings is 1. The summed E-state index contributed by atoms with van der Waals surface area (Å²) in [6, 6.07) is 13.5. The number of aryl methyl sites for hydroxylation is 1. The Morgan fingerprint density at radius 3 is 2.41 bits per heavy atom. The molecule has 0 atom stereocenters. The van der Waals surface area contributed by atoms with Gasteiger partial charge < -0.3 is 15.2 Å². The Bertz CT molecular complexity index is 1990. The number of nitrogens with one attached hydrogen (secondary N) is 1. The van der Waals surface area contributed by atoms with Crippen LogP contribution in [0.15, 0.2) is 70.5 Å². The van der Waals surface area contributed by atoms with Crippen LogP contribution in [0.4, 0.5) is 15.9 Å². The third kappa shape index (κ3) is 5.96. The van der Waals surface area contributed by atoms with Crippen LogP contribution in [0.25, 0.3) is 27.7 Å². The van der Waals surface area contributed by atoms with Gasteiger partial charge in [-0.2, -0.15) is 14.9 Å². The number of rotatable bonds is 7. The number of benzene rings is 2. The minimum absolute atomic E-state index is 0.0339. The van der Waals surface area contributed by atoms with Crippen molar-refractivity contribution in [3.63, 3.8) is 0 Å². The van der Waals surface area contributed by atoms with Crippen LogP contribution in [0.3, 0.4) is 0 Å². The van der Waals surface area contributed by atoms with E-state index in [1.54, 1.807) is 57.3 Å². The van der Waals surface area contributed by atoms with Gasteiger partial charge in [0.25, 0.3) is 11.1 Å². The van der Waals surface area contributed by atoms with Crippen molar-refractivity contribution in [3.05, 3.63) is 98.6 Å². The summed E-state index contributed by atoms with van der Waals surface area (Å²) in [6.45, 7) is 11.1. The number of nitrogens with zero attached hydrogens (tertiary/aromatic N) is 5. The van der Waals surface area contributed by atoms with Gasteiger partial charge in [0, 0.05) is 18.0 Å². The molecule has 5 rings (SSSR count). The minimum Gasteiger partial charge on any atom is -0.484 e. The molecular weight excluding hydrogens is 563 g/mol. The quantitative estimate of drug-likeness (QED) is 0.263. The number of aliphatic hydroxyl groups is 1. The molecule has 44 heavy (non-hydrogen) atoms. The first kappa shape index (κ1) is 30.6. The van der Waals surface area contributed by atoms with E-state index in [1.807, 2.05) is 33.8 Å². The fourth-order valence-electron chi connectivity index (χ4n) is 4.80. The number of halogens is 1. The number of ether oxygens (including phenoxy) is 1. The molecule has 0 spiro atoms. The summed E-state index contributed by atoms with van der Waals surface area (Å²) in [5.41, 5.74) is 1.24. The maximum absolute atomic E-state index is 15.3. The average Bonchev–Trinajstić information content (AvgIpc) is 2.96. The van der Waals surface area contributed by atoms with Gasteiger partial charge >= 0.3 is 0 Å². The Morgan fingerprint density at radius 2 is 1.75 bits per heavy atom. The predicted octanol–water partition coefficient (Wildman–Crippen LogP) is 5.18. The van der Waals surface area contributed by atoms with Gasteiger partial charge in [-0.05, 0) is 73.7 Å². The highest BCUT2D eigenvalue weighted by Gasteiger charge is 2.21. The van der Waals surface area contributed by atoms with Crippen LogP contribution in [0.5, 0.6) is 5.75 Å². The highest BCUT2D eigenvalue weighted by atomic mass is 19.1. The summed E-state index contributed by atoms with van der Waals surface area (Å²) in [5, 5.41) is 21.7. The van der Waals surface area contributed by atoms with Gasteiger partial charge in [0.15, 0.2) is 0 Å². The second-order valence-electron chi connectivity index (χ2n) is 12.4. The van der Waals surface area contributed by atoms with Crippen molar-refractivity contribution in [2.45, 2.75) is 52.6 Å². The van der Waals surface area contributed by atoms with Crippen molar-refractivity contribution in [2.75, 3.05) is 11.9 Å². The minimum atomic E-state index is -0.767. The first-order chi connectivity index (χ1) is 20.7. The molecule has 0 unspecified atom stereocenters. The molecule has 3 heterocycles. The summed E-state index contributed by atoms with van der Waals surface area (Å²) in [6.07, 6.45) is 3.00. The highest BCUT2D eigenvalue weighted by Crippen LogP contribution is 2.29. The lowest BCUT2D eigenvalue weighted by Crippen LogP contribution is -2.32. The summed E-state index contributed by atoms with van der Waals surface area (Å²) in [7, 11) is 1.54. The largest absolute Gasteiger partial charge is 0.484 e. The monoisotopic (exact) mass is 598 g/mol. The smallest absolute Gasteiger partial charge is 0.290 e. The molecule has 11 heteroatoms. The van der Waals surface area contributed by atoms with Gasteiger partial charge in [0.2, 0.25) is 0 Å². The second kappa shape index (κ2) is 11.3. The number of hydrogen-bond donors (Lipinski definition) is 2. The van der Waals surface area contributed by atoms with Crippen molar-refractivity contribution in [2.24, 2.45) is 7.05 Å². The topological polar surface area (TPSA) is 124 Å². The van der Waals surface area contributed by atoms with Crippen molar-refractivity contribution in [3.8, 4) is 22.7 Å². The average molecular weight is 599 g/mol. The molecule has 5 aromatic rings. The summed E-state index contributed by atoms with van der Waals surface area (Å²) in [4.78, 5) is 30.9. The Kier molecular flexibility index (Phi) is 7.85. The first-order valence-electron chi connectivity index (χ1n) is 14.1. The molecule has 0 saturated carbocycles. The van der Waals surface area contributed by atoms with E-state index in [9.17, 15) is 14.7 Å². The van der Waals surface area contributed by atoms with Crippen molar-refractivity contribution in [1.29, 1.82) is 0 Å². The van der Waals surface area contributed by atoms with E-state index in [4.69, 9.17) is 4.74 Å². The van der Waals surface area contributed by atoms with Crippen LogP contribution in [-0.4, -0.2) is 41.9 Å². The summed E-state index contributed by atoms with van der Waals surface area (Å²) >= 11 is 0. The van der Waals surface area contributed by atoms with Gasteiger partial charge in [-0.15, -0.1) is 0 Å². The van der Waals surface area contributed by atoms with Gasteiger partial charge in [-0.1, -0.05) is 32.9 Å². The highest BCUT2D eigenvalue weighted by molar-refractivity contribution is 5.83. The van der Waals surface area contributed by atoms with E-state index < -0.39 is 17.0 Å². The lowest BCUT2D eigenvalue weighted by molar-refractivity contribution is 0.0410. The van der Waals surface area contributed by atoms with E-state index in [-0.39, 0.29) is 28.7 Å². The molecule has 3 aromatic heterocycles. The van der Waals surface area contributed by atoms with Gasteiger partial charge in [-0.25, -0.2) is 14.1 Å². The molecule has 0 bridgehead atoms. The van der Waals surface area contributed by atoms with Gasteiger partial charge in [-0.3, -0.25) is 9.59 Å². The molecule has 2 N–H and O–H groups in total. The SMILES string of the molecule is Cc1c(-c2cc(Nc3ccc(OC(C)(C)CO)cn3)c(=O)n(C)n2)cccc1-n1ncc2cc(C(C)(C)C)cc(F)c2c1=O. The molecule has 228 valence electrons. The summed E-state index contributed by atoms with van der Waals surface area (Å²) in [5.74, 6) is 0.281. The fourth-order valence-corrected chi connectivity index (χ4v) is 4.80. The van der Waals surface area contributed by atoms with E-state index >= 15 is 4.39 Å². The molecule has 0 fully saturated rings. The Labute approximate surface area is 253 Å². The molecule has 0 aliphatic heterocycles. The Hall–Kier alpha value is -4.90. The van der Waals surface area contributed by atoms with E-state index in [1.165, 1.54) is 27.8 Å². The van der Waals surface area contributed by atoms with Crippen LogP contribution in [-0.2, 0) is 12.5 Å². The van der Waals surface area contributed by atoms with Crippen LogP contribution in [0.1, 0.15) is 45.7 Å². The van der Waals surface area contributed by atoms with Crippen molar-refractivity contribution in [1.82, 2.24) is 24.5 Å². The zero-order valence-electron chi connectivity index (χ0n) is 25.8. The Morgan fingerprint density at radius 1 is 1.00 bits per heavy atom. The molecule has 0 radical (unpaired) electrons. The third-order valence-electron chi connectivity index (χ3n) is 7.35. The zero-order valence-corrected chi connectivity index (χ0v) is 25.8. The predicted molar refractivity (Wildman–Crippen MR) is 169 cm³/mol. The molecule has 0 aliphatic carbocycles. The molecule has 0 amide bonds. The van der Waals surface area contributed by atoms with Crippen LogP contribution >= 0.6 is 0 Å². The van der Waals surface area contributed by atoms with Crippen molar-refractivity contribution < 1.29 is 14.2 Å². The molecular formula is C33H35FN6O4. The van der Waals surface area contributed by atoms with Crippen LogP contribution in [0, 0.1) is 12.7 Å². The fraction of sp³-hybridized carbons (Fsp3) is 0.303. The first-order valence-corrected chi connectivity index (χ1v) is 14.1. The van der Waals surface area contributed by atoms with E-state index in [2.05, 4.69) is 20.5 Å². The number of hydrogen-bond acceptors (Lipinski definition) is 8. The number of aromatic nitrogens is 5. The van der Waals surface area contributed by atoms with Crippen LogP contribution in [0.2, 0.25) is 0 Å². The van der Waals surface area contributed by atoms with Crippen molar-refractivity contribution >= 4 is 22.3 Å². The van der Waals surface area contributed by atoms with E-state index in [0.29, 0.717) is 39.5 Å². The van der Waals surface area contributed by atoms with Gasteiger partial charge in [0.1, 0.15) is 28.7 Å². The Balaban J connectivity index is 1.52. The zero-order chi connectivity index (χ0) is 32.0. The standard InChI is InChI=1S/C33H35FN6O4/c1-19-23(9-8-10-27(19)40-31(43)29-20(16-36-40)13-21(14-24(29)34)32(2,3)4)25-15-26(30(42)39(7)38-25)37-28-12-11-22(17-35-28)44-33(5,6)18-41/h8-17,41H,18H2,1-7H3,(H,35,37). The van der Waals surface area contributed by atoms with Crippen LogP contribution < -0.4 is 21.2 Å². The lowest BCUT2D eigenvalue weighted by atomic mass is 9.86. The molecule has 0 saturated heterocycles. The number of aliphatic hydroxyl groups excluding tert-OH is 1. The molecule has 2 aromatic carbocycles. The lowest BCUT2D eigenvalue weighted by Gasteiger charge is -2.23. The number of fused-ring (bicyclic) bond motifs is 1. The number of anilines is 2. The molecule has 0 aliphatic rings.